The number of aryl methyl sites for hydroxylation is 1. The number of amides is 4. The molecule has 0 saturated carbocycles. The lowest BCUT2D eigenvalue weighted by Crippen LogP contribution is -2.62. The molecular weight excluding hydrogens is 1050 g/mol. The molecule has 9 rings (SSSR count). The second kappa shape index (κ2) is 26.1. The van der Waals surface area contributed by atoms with E-state index in [1.54, 1.807) is 31.0 Å². The molecule has 4 aromatic rings. The number of piperazine rings is 1. The Morgan fingerprint density at radius 3 is 2.35 bits per heavy atom. The first-order chi connectivity index (χ1) is 38.2. The van der Waals surface area contributed by atoms with Crippen molar-refractivity contribution in [1.29, 1.82) is 0 Å². The second-order valence-corrected chi connectivity index (χ2v) is 24.8. The van der Waals surface area contributed by atoms with Crippen molar-refractivity contribution >= 4 is 53.3 Å². The van der Waals surface area contributed by atoms with E-state index in [0.717, 1.165) is 66.7 Å². The Morgan fingerprint density at radius 1 is 0.877 bits per heavy atom. The fourth-order valence-corrected chi connectivity index (χ4v) is 12.8. The van der Waals surface area contributed by atoms with Crippen molar-refractivity contribution in [1.82, 2.24) is 36.4 Å². The number of carbonyl (C=O) groups excluding carboxylic acids is 6. The molecule has 2 fully saturated rings. The molecule has 4 aromatic carbocycles. The molecule has 0 radical (unpaired) electrons. The second-order valence-electron chi connectivity index (χ2n) is 24.8. The third kappa shape index (κ3) is 14.1. The summed E-state index contributed by atoms with van der Waals surface area (Å²) in [5, 5.41) is 15.9. The number of likely N-dealkylation sites (N-methyl/N-ethyl adjacent to an activating group) is 1. The molecule has 5 N–H and O–H groups in total. The molecule has 5 aliphatic rings. The van der Waals surface area contributed by atoms with Crippen molar-refractivity contribution in [2.24, 2.45) is 17.3 Å². The highest BCUT2D eigenvalue weighted by molar-refractivity contribution is 6.04. The summed E-state index contributed by atoms with van der Waals surface area (Å²) in [5.41, 5.74) is 6.11. The molecule has 9 atom stereocenters. The van der Waals surface area contributed by atoms with E-state index in [9.17, 15) is 28.4 Å². The Hall–Kier alpha value is -5.88. The van der Waals surface area contributed by atoms with E-state index >= 15 is 4.79 Å². The molecule has 81 heavy (non-hydrogen) atoms. The van der Waals surface area contributed by atoms with Crippen LogP contribution in [-0.2, 0) is 71.0 Å². The lowest BCUT2D eigenvalue weighted by molar-refractivity contribution is -0.139. The number of ether oxygens (including phenoxy) is 1. The van der Waals surface area contributed by atoms with Crippen molar-refractivity contribution < 1.29 is 37.9 Å². The van der Waals surface area contributed by atoms with Gasteiger partial charge in [-0.1, -0.05) is 87.5 Å². The molecule has 0 bridgehead atoms. The number of nitrogens with zero attached hydrogens (tertiary/aromatic N) is 3. The Kier molecular flexibility index (Phi) is 19.8. The highest BCUT2D eigenvalue weighted by Crippen LogP contribution is 2.43. The van der Waals surface area contributed by atoms with Gasteiger partial charge in [-0.15, -0.1) is 12.4 Å². The van der Waals surface area contributed by atoms with Crippen LogP contribution < -0.4 is 31.5 Å². The Balaban J connectivity index is 0.00000860. The predicted molar refractivity (Wildman–Crippen MR) is 315 cm³/mol. The van der Waals surface area contributed by atoms with Crippen molar-refractivity contribution in [2.75, 3.05) is 71.0 Å². The topological polar surface area (TPSA) is 182 Å². The van der Waals surface area contributed by atoms with Gasteiger partial charge in [-0.05, 0) is 141 Å². The molecule has 4 amide bonds. The van der Waals surface area contributed by atoms with Gasteiger partial charge in [-0.3, -0.25) is 38.6 Å². The van der Waals surface area contributed by atoms with Gasteiger partial charge in [0.15, 0.2) is 11.6 Å². The van der Waals surface area contributed by atoms with Crippen LogP contribution in [0.4, 0.5) is 10.1 Å². The van der Waals surface area contributed by atoms with Gasteiger partial charge in [0.05, 0.1) is 55.8 Å². The minimum atomic E-state index is -1.19. The van der Waals surface area contributed by atoms with E-state index in [2.05, 4.69) is 62.4 Å². The molecule has 3 aliphatic heterocycles. The summed E-state index contributed by atoms with van der Waals surface area (Å²) in [4.78, 5) is 92.9. The Bertz CT molecular complexity index is 2950. The van der Waals surface area contributed by atoms with Crippen LogP contribution in [-0.4, -0.2) is 141 Å². The molecule has 2 unspecified atom stereocenters. The molecule has 436 valence electrons. The molecule has 2 aliphatic carbocycles. The van der Waals surface area contributed by atoms with Crippen LogP contribution in [0.3, 0.4) is 0 Å². The summed E-state index contributed by atoms with van der Waals surface area (Å²) >= 11 is 0. The summed E-state index contributed by atoms with van der Waals surface area (Å²) in [5.74, 6) is -3.20. The Morgan fingerprint density at radius 2 is 1.60 bits per heavy atom. The number of hydrogen-bond acceptors (Lipinski definition) is 11. The first-order valence-electron chi connectivity index (χ1n) is 29.0. The minimum absolute atomic E-state index is 0. The SMILES string of the molecule is CN[C@@H](C)C(=O)N[C@H](C(=O)C1Cc2cc(CC(=O)CNC(=O)C3(C)CN(C(=O)CN4C[C@@H](C)NC[C@@H]4CN4CCOC[C@H]4C)c4cc(Cc5ccc(F)cc5)ccc43)ccc2C[C@H]1C(=O)N[C@@H]1CCCc2ccccc21)C(C)(C)C.Cl. The number of halogens is 2. The first kappa shape index (κ1) is 61.2. The highest BCUT2D eigenvalue weighted by atomic mass is 35.5. The van der Waals surface area contributed by atoms with Crippen molar-refractivity contribution in [3.8, 4) is 0 Å². The van der Waals surface area contributed by atoms with Crippen LogP contribution >= 0.6 is 12.4 Å². The average Bonchev–Trinajstić information content (AvgIpc) is 3.78. The maximum absolute atomic E-state index is 15.0. The van der Waals surface area contributed by atoms with Crippen molar-refractivity contribution in [2.45, 2.75) is 135 Å². The largest absolute Gasteiger partial charge is 0.379 e. The standard InChI is InChI=1S/C64H83FN8O7.ClH/c1-39-34-72(49(32-67-39)35-71-24-25-80-37-40(71)2)36-57(75)73-38-64(7,54-23-19-43(29-56(54)73)26-42-17-21-48(65)22-18-42)62(79)68-33-50(74)28-44-16-20-46-30-53(61(78)69-55-15-11-13-45-12-9-10-14-51(45)55)52(31-47(46)27-44)58(76)59(63(4,5)6)70-60(77)41(3)66-8;/h9-10,12,14,16-23,27,29,39-41,49,52-53,55,59,66-67H,11,13,15,24-26,28,30-38H2,1-8H3,(H,68,79)(H,69,78)(H,70,77);1H/t39-,40-,41+,49-,52?,53-,55-,59-,64?;/m1./s1. The van der Waals surface area contributed by atoms with Crippen LogP contribution in [0.25, 0.3) is 0 Å². The zero-order valence-corrected chi connectivity index (χ0v) is 49.3. The summed E-state index contributed by atoms with van der Waals surface area (Å²) in [6.45, 7) is 18.0. The van der Waals surface area contributed by atoms with Crippen molar-refractivity contribution in [3.63, 3.8) is 0 Å². The van der Waals surface area contributed by atoms with Crippen LogP contribution in [0.5, 0.6) is 0 Å². The van der Waals surface area contributed by atoms with E-state index in [0.29, 0.717) is 49.4 Å². The van der Waals surface area contributed by atoms with Crippen LogP contribution in [0.2, 0.25) is 0 Å². The van der Waals surface area contributed by atoms with E-state index in [4.69, 9.17) is 4.74 Å². The van der Waals surface area contributed by atoms with Gasteiger partial charge in [0.2, 0.25) is 23.6 Å². The van der Waals surface area contributed by atoms with Gasteiger partial charge in [0.1, 0.15) is 5.82 Å². The fraction of sp³-hybridized carbons (Fsp3) is 0.531. The fourth-order valence-electron chi connectivity index (χ4n) is 12.8. The quantitative estimate of drug-likeness (QED) is 0.0791. The van der Waals surface area contributed by atoms with E-state index in [1.165, 1.54) is 17.7 Å². The van der Waals surface area contributed by atoms with E-state index < -0.39 is 34.7 Å². The molecule has 15 nitrogen and oxygen atoms in total. The van der Waals surface area contributed by atoms with E-state index in [-0.39, 0.29) is 110 Å². The zero-order valence-electron chi connectivity index (χ0n) is 48.5. The molecule has 17 heteroatoms. The lowest BCUT2D eigenvalue weighted by atomic mass is 9.68. The van der Waals surface area contributed by atoms with E-state index in [1.807, 2.05) is 76.2 Å². The number of carbonyl (C=O) groups is 6. The summed E-state index contributed by atoms with van der Waals surface area (Å²) in [6, 6.07) is 25.1. The molecule has 0 spiro atoms. The van der Waals surface area contributed by atoms with Crippen LogP contribution in [0.1, 0.15) is 112 Å². The normalized spacial score (nSPS) is 24.5. The third-order valence-electron chi connectivity index (χ3n) is 17.7. The minimum Gasteiger partial charge on any atom is -0.379 e. The van der Waals surface area contributed by atoms with Crippen molar-refractivity contribution in [3.05, 3.63) is 135 Å². The number of nitrogens with one attached hydrogen (secondary N) is 5. The van der Waals surface area contributed by atoms with Gasteiger partial charge in [0.25, 0.3) is 0 Å². The Labute approximate surface area is 484 Å². The summed E-state index contributed by atoms with van der Waals surface area (Å²) in [6.07, 6.45) is 3.74. The first-order valence-corrected chi connectivity index (χ1v) is 29.0. The van der Waals surface area contributed by atoms with Gasteiger partial charge < -0.3 is 36.2 Å². The number of fused-ring (bicyclic) bond motifs is 3. The number of anilines is 1. The number of benzene rings is 4. The molecule has 2 saturated heterocycles. The number of morpholine rings is 1. The smallest absolute Gasteiger partial charge is 0.241 e. The maximum Gasteiger partial charge on any atom is 0.241 e. The number of rotatable bonds is 18. The third-order valence-corrected chi connectivity index (χ3v) is 17.7. The summed E-state index contributed by atoms with van der Waals surface area (Å²) < 4.78 is 19.6. The van der Waals surface area contributed by atoms with Gasteiger partial charge in [-0.25, -0.2) is 4.39 Å². The predicted octanol–water partition coefficient (Wildman–Crippen LogP) is 5.99. The number of hydrogen-bond donors (Lipinski definition) is 5. The molecule has 0 aromatic heterocycles. The maximum atomic E-state index is 15.0. The monoisotopic (exact) mass is 1130 g/mol. The number of Topliss-reactive ketones (excluding diaryl/α,β-unsaturated/α-hetero) is 2. The molecule has 3 heterocycles. The van der Waals surface area contributed by atoms with Gasteiger partial charge >= 0.3 is 0 Å². The average molecular weight is 1130 g/mol. The van der Waals surface area contributed by atoms with Gasteiger partial charge in [-0.2, -0.15) is 0 Å². The van der Waals surface area contributed by atoms with Gasteiger partial charge in [0, 0.05) is 68.9 Å². The zero-order chi connectivity index (χ0) is 57.0. The lowest BCUT2D eigenvalue weighted by Gasteiger charge is -2.43. The van der Waals surface area contributed by atoms with Crippen LogP contribution in [0, 0.1) is 23.1 Å². The highest BCUT2D eigenvalue weighted by Gasteiger charge is 2.48. The summed E-state index contributed by atoms with van der Waals surface area (Å²) in [7, 11) is 1.69. The molecular formula is C64H84ClFN8O7. The van der Waals surface area contributed by atoms with Crippen LogP contribution in [0.15, 0.2) is 84.9 Å². The number of ketones is 2.